The molecule has 2 rings (SSSR count). The van der Waals surface area contributed by atoms with Crippen molar-refractivity contribution in [3.63, 3.8) is 0 Å². The molecule has 0 N–H and O–H groups in total. The molecule has 0 unspecified atom stereocenters. The lowest BCUT2D eigenvalue weighted by Gasteiger charge is -2.06. The summed E-state index contributed by atoms with van der Waals surface area (Å²) < 4.78 is 18.7. The Balaban J connectivity index is 2.16. The first kappa shape index (κ1) is 14.4. The summed E-state index contributed by atoms with van der Waals surface area (Å²) in [6.07, 6.45) is 0. The molecule has 2 aromatic rings. The van der Waals surface area contributed by atoms with Gasteiger partial charge in [-0.25, -0.2) is 0 Å². The normalized spacial score (nSPS) is 10.1. The number of nitro benzene ring substituents is 2. The van der Waals surface area contributed by atoms with Crippen molar-refractivity contribution in [3.05, 3.63) is 74.1 Å². The topological polar surface area (TPSA) is 95.5 Å². The van der Waals surface area contributed by atoms with Crippen LogP contribution in [0, 0.1) is 26.0 Å². The largest absolute Gasteiger partial charge is 0.482 e. The van der Waals surface area contributed by atoms with Crippen LogP contribution in [-0.4, -0.2) is 9.85 Å². The van der Waals surface area contributed by atoms with Crippen LogP contribution in [0.3, 0.4) is 0 Å². The fourth-order valence-electron chi connectivity index (χ4n) is 1.68. The lowest BCUT2D eigenvalue weighted by molar-refractivity contribution is -0.387. The Kier molecular flexibility index (Phi) is 4.07. The molecule has 0 aromatic heterocycles. The van der Waals surface area contributed by atoms with Crippen molar-refractivity contribution in [2.45, 2.75) is 6.61 Å². The first-order valence-electron chi connectivity index (χ1n) is 5.78. The van der Waals surface area contributed by atoms with Gasteiger partial charge in [-0.15, -0.1) is 0 Å². The van der Waals surface area contributed by atoms with E-state index >= 15 is 0 Å². The van der Waals surface area contributed by atoms with Crippen molar-refractivity contribution >= 4 is 11.4 Å². The van der Waals surface area contributed by atoms with Crippen molar-refractivity contribution in [1.82, 2.24) is 0 Å². The summed E-state index contributed by atoms with van der Waals surface area (Å²) in [6.45, 7) is -0.139. The molecule has 0 aliphatic carbocycles. The quantitative estimate of drug-likeness (QED) is 0.622. The van der Waals surface area contributed by atoms with Gasteiger partial charge < -0.3 is 4.74 Å². The monoisotopic (exact) mass is 292 g/mol. The molecule has 7 nitrogen and oxygen atoms in total. The van der Waals surface area contributed by atoms with E-state index in [4.69, 9.17) is 4.74 Å². The Labute approximate surface area is 117 Å². The van der Waals surface area contributed by atoms with Crippen LogP contribution in [0.1, 0.15) is 5.56 Å². The number of hydrogen-bond acceptors (Lipinski definition) is 5. The minimum absolute atomic E-state index is 0.0428. The smallest absolute Gasteiger partial charge is 0.310 e. The van der Waals surface area contributed by atoms with E-state index in [2.05, 4.69) is 0 Å². The van der Waals surface area contributed by atoms with Crippen molar-refractivity contribution in [3.8, 4) is 5.75 Å². The number of hydrogen-bond donors (Lipinski definition) is 0. The molecular weight excluding hydrogens is 283 g/mol. The van der Waals surface area contributed by atoms with Crippen molar-refractivity contribution in [2.24, 2.45) is 0 Å². The minimum Gasteiger partial charge on any atom is -0.482 e. The van der Waals surface area contributed by atoms with Gasteiger partial charge in [0.25, 0.3) is 0 Å². The van der Waals surface area contributed by atoms with Crippen LogP contribution in [0.2, 0.25) is 0 Å². The predicted octanol–water partition coefficient (Wildman–Crippen LogP) is 3.22. The van der Waals surface area contributed by atoms with Gasteiger partial charge in [-0.3, -0.25) is 20.2 Å². The van der Waals surface area contributed by atoms with Gasteiger partial charge in [-0.1, -0.05) is 12.1 Å². The number of benzene rings is 2. The summed E-state index contributed by atoms with van der Waals surface area (Å²) in [7, 11) is 0. The molecule has 0 amide bonds. The number of para-hydroxylation sites is 2. The first-order chi connectivity index (χ1) is 9.99. The number of nitrogens with zero attached hydrogens (tertiary/aromatic N) is 2. The third-order valence-corrected chi connectivity index (χ3v) is 2.67. The third kappa shape index (κ3) is 3.30. The van der Waals surface area contributed by atoms with Gasteiger partial charge in [0, 0.05) is 12.1 Å². The molecule has 2 aromatic carbocycles. The SMILES string of the molecule is O=[N+]([O-])c1ccc(COc2ccccc2[N+](=O)[O-])cc1F. The van der Waals surface area contributed by atoms with Gasteiger partial charge in [-0.2, -0.15) is 4.39 Å². The van der Waals surface area contributed by atoms with Gasteiger partial charge in [0.1, 0.15) is 6.61 Å². The second kappa shape index (κ2) is 5.95. The zero-order chi connectivity index (χ0) is 15.4. The van der Waals surface area contributed by atoms with Crippen molar-refractivity contribution in [1.29, 1.82) is 0 Å². The second-order valence-electron chi connectivity index (χ2n) is 4.06. The fourth-order valence-corrected chi connectivity index (χ4v) is 1.68. The summed E-state index contributed by atoms with van der Waals surface area (Å²) >= 11 is 0. The summed E-state index contributed by atoms with van der Waals surface area (Å²) in [6, 6.07) is 9.08. The van der Waals surface area contributed by atoms with E-state index in [9.17, 15) is 24.6 Å². The highest BCUT2D eigenvalue weighted by Crippen LogP contribution is 2.27. The van der Waals surface area contributed by atoms with E-state index in [0.717, 1.165) is 12.1 Å². The van der Waals surface area contributed by atoms with E-state index in [1.807, 2.05) is 0 Å². The molecule has 0 fully saturated rings. The standard InChI is InChI=1S/C13H9FN2O5/c14-10-7-9(5-6-11(10)15(17)18)8-21-13-4-2-1-3-12(13)16(19)20/h1-7H,8H2. The van der Waals surface area contributed by atoms with Crippen LogP contribution < -0.4 is 4.74 Å². The lowest BCUT2D eigenvalue weighted by Crippen LogP contribution is -2.00. The molecule has 8 heteroatoms. The Morgan fingerprint density at radius 3 is 2.29 bits per heavy atom. The molecule has 0 radical (unpaired) electrons. The highest BCUT2D eigenvalue weighted by Gasteiger charge is 2.16. The summed E-state index contributed by atoms with van der Waals surface area (Å²) in [5, 5.41) is 21.3. The third-order valence-electron chi connectivity index (χ3n) is 2.67. The summed E-state index contributed by atoms with van der Waals surface area (Å²) in [4.78, 5) is 19.9. The Hall–Kier alpha value is -3.03. The van der Waals surface area contributed by atoms with E-state index in [1.165, 1.54) is 24.3 Å². The highest BCUT2D eigenvalue weighted by atomic mass is 19.1. The molecule has 0 bridgehead atoms. The highest BCUT2D eigenvalue weighted by molar-refractivity contribution is 5.45. The first-order valence-corrected chi connectivity index (χ1v) is 5.78. The molecule has 0 heterocycles. The maximum atomic E-state index is 13.4. The maximum Gasteiger partial charge on any atom is 0.310 e. The minimum atomic E-state index is -0.983. The number of halogens is 1. The number of nitro groups is 2. The number of rotatable bonds is 5. The molecule has 0 aliphatic rings. The second-order valence-corrected chi connectivity index (χ2v) is 4.06. The van der Waals surface area contributed by atoms with Crippen molar-refractivity contribution in [2.75, 3.05) is 0 Å². The predicted molar refractivity (Wildman–Crippen MR) is 70.5 cm³/mol. The molecule has 0 saturated carbocycles. The van der Waals surface area contributed by atoms with Crippen LogP contribution in [0.5, 0.6) is 5.75 Å². The van der Waals surface area contributed by atoms with Crippen LogP contribution in [0.4, 0.5) is 15.8 Å². The van der Waals surface area contributed by atoms with Gasteiger partial charge in [0.05, 0.1) is 9.85 Å². The average molecular weight is 292 g/mol. The van der Waals surface area contributed by atoms with Crippen molar-refractivity contribution < 1.29 is 19.0 Å². The number of ether oxygens (including phenoxy) is 1. The summed E-state index contributed by atoms with van der Waals surface area (Å²) in [5.74, 6) is -0.940. The van der Waals surface area contributed by atoms with Gasteiger partial charge in [0.2, 0.25) is 5.82 Å². The Morgan fingerprint density at radius 1 is 1.00 bits per heavy atom. The fraction of sp³-hybridized carbons (Fsp3) is 0.0769. The van der Waals surface area contributed by atoms with Gasteiger partial charge >= 0.3 is 11.4 Å². The van der Waals surface area contributed by atoms with Gasteiger partial charge in [0.15, 0.2) is 5.75 Å². The van der Waals surface area contributed by atoms with Crippen LogP contribution in [0.15, 0.2) is 42.5 Å². The van der Waals surface area contributed by atoms with Crippen LogP contribution >= 0.6 is 0 Å². The zero-order valence-corrected chi connectivity index (χ0v) is 10.6. The maximum absolute atomic E-state index is 13.4. The Bertz CT molecular complexity index is 705. The Morgan fingerprint density at radius 2 is 1.67 bits per heavy atom. The van der Waals surface area contributed by atoms with E-state index < -0.39 is 21.4 Å². The molecule has 108 valence electrons. The lowest BCUT2D eigenvalue weighted by atomic mass is 10.2. The van der Waals surface area contributed by atoms with Crippen LogP contribution in [0.25, 0.3) is 0 Å². The average Bonchev–Trinajstić information content (AvgIpc) is 2.45. The summed E-state index contributed by atoms with van der Waals surface area (Å²) in [5.41, 5.74) is -0.513. The van der Waals surface area contributed by atoms with E-state index in [-0.39, 0.29) is 18.0 Å². The molecule has 0 aliphatic heterocycles. The molecular formula is C13H9FN2O5. The van der Waals surface area contributed by atoms with E-state index in [1.54, 1.807) is 6.07 Å². The zero-order valence-electron chi connectivity index (χ0n) is 10.6. The molecule has 21 heavy (non-hydrogen) atoms. The van der Waals surface area contributed by atoms with E-state index in [0.29, 0.717) is 5.56 Å². The van der Waals surface area contributed by atoms with Crippen LogP contribution in [-0.2, 0) is 6.61 Å². The van der Waals surface area contributed by atoms with Gasteiger partial charge in [-0.05, 0) is 23.8 Å². The molecule has 0 saturated heterocycles. The molecule has 0 spiro atoms. The molecule has 0 atom stereocenters.